The minimum Gasteiger partial charge on any atom is -0.479 e. The maximum atomic E-state index is 12.8. The molecular weight excluding hydrogens is 837 g/mol. The molecule has 1 rings (SSSR count). The highest BCUT2D eigenvalue weighted by molar-refractivity contribution is 5.73. The number of esters is 2. The summed E-state index contributed by atoms with van der Waals surface area (Å²) in [6, 6.07) is 0. The second-order valence-electron chi connectivity index (χ2n) is 19.1. The summed E-state index contributed by atoms with van der Waals surface area (Å²) in [5.74, 6) is -2.43. The molecule has 11 heteroatoms. The van der Waals surface area contributed by atoms with E-state index < -0.39 is 54.7 Å². The molecule has 0 radical (unpaired) electrons. The Labute approximate surface area is 402 Å². The summed E-state index contributed by atoms with van der Waals surface area (Å²) in [5.41, 5.74) is 0. The number of hydrogen-bond acceptors (Lipinski definition) is 10. The predicted molar refractivity (Wildman–Crippen MR) is 266 cm³/mol. The zero-order valence-corrected chi connectivity index (χ0v) is 42.2. The second kappa shape index (κ2) is 45.2. The van der Waals surface area contributed by atoms with Gasteiger partial charge >= 0.3 is 17.9 Å². The van der Waals surface area contributed by atoms with Gasteiger partial charge in [-0.05, 0) is 64.2 Å². The van der Waals surface area contributed by atoms with Crippen LogP contribution in [0.25, 0.3) is 0 Å². The van der Waals surface area contributed by atoms with Crippen molar-refractivity contribution < 1.29 is 53.8 Å². The van der Waals surface area contributed by atoms with Crippen LogP contribution < -0.4 is 0 Å². The molecule has 6 unspecified atom stereocenters. The van der Waals surface area contributed by atoms with Gasteiger partial charge in [-0.2, -0.15) is 0 Å². The molecule has 1 saturated heterocycles. The van der Waals surface area contributed by atoms with E-state index in [1.165, 1.54) is 173 Å². The lowest BCUT2D eigenvalue weighted by molar-refractivity contribution is -0.298. The molecule has 4 N–H and O–H groups in total. The third-order valence-electron chi connectivity index (χ3n) is 12.8. The zero-order valence-electron chi connectivity index (χ0n) is 42.2. The van der Waals surface area contributed by atoms with Crippen LogP contribution >= 0.6 is 0 Å². The van der Waals surface area contributed by atoms with E-state index in [1.807, 2.05) is 0 Å². The molecule has 11 nitrogen and oxygen atoms in total. The normalized spacial score (nSPS) is 19.2. The van der Waals surface area contributed by atoms with Crippen molar-refractivity contribution in [1.82, 2.24) is 0 Å². The van der Waals surface area contributed by atoms with Gasteiger partial charge < -0.3 is 39.4 Å². The van der Waals surface area contributed by atoms with Crippen LogP contribution in [0.2, 0.25) is 0 Å². The molecule has 0 aromatic rings. The first-order valence-corrected chi connectivity index (χ1v) is 27.4. The first-order chi connectivity index (χ1) is 32.2. The van der Waals surface area contributed by atoms with Gasteiger partial charge in [-0.1, -0.05) is 205 Å². The quantitative estimate of drug-likeness (QED) is 0.0260. The number of allylic oxidation sites excluding steroid dienone is 4. The summed E-state index contributed by atoms with van der Waals surface area (Å²) < 4.78 is 21.9. The van der Waals surface area contributed by atoms with Gasteiger partial charge in [0, 0.05) is 12.8 Å². The first kappa shape index (κ1) is 61.7. The monoisotopic (exact) mass is 937 g/mol. The van der Waals surface area contributed by atoms with E-state index >= 15 is 0 Å². The van der Waals surface area contributed by atoms with Gasteiger partial charge in [-0.15, -0.1) is 0 Å². The summed E-state index contributed by atoms with van der Waals surface area (Å²) in [5, 5.41) is 40.0. The molecule has 0 aromatic carbocycles. The lowest BCUT2D eigenvalue weighted by atomic mass is 9.99. The average molecular weight is 937 g/mol. The Morgan fingerprint density at radius 3 is 1.18 bits per heavy atom. The minimum absolute atomic E-state index is 0.180. The highest BCUT2D eigenvalue weighted by Crippen LogP contribution is 2.23. The number of hydrogen-bond donors (Lipinski definition) is 4. The van der Waals surface area contributed by atoms with Crippen molar-refractivity contribution in [3.63, 3.8) is 0 Å². The minimum atomic E-state index is -1.86. The Balaban J connectivity index is 2.25. The molecule has 1 aliphatic rings. The lowest BCUT2D eigenvalue weighted by Crippen LogP contribution is -2.60. The van der Waals surface area contributed by atoms with E-state index in [4.69, 9.17) is 18.9 Å². The van der Waals surface area contributed by atoms with Crippen molar-refractivity contribution >= 4 is 17.9 Å². The van der Waals surface area contributed by atoms with Crippen molar-refractivity contribution in [3.8, 4) is 0 Å². The Morgan fingerprint density at radius 2 is 0.803 bits per heavy atom. The smallest absolute Gasteiger partial charge is 0.335 e. The van der Waals surface area contributed by atoms with E-state index in [9.17, 15) is 34.8 Å². The van der Waals surface area contributed by atoms with Crippen LogP contribution in [0.5, 0.6) is 0 Å². The predicted octanol–water partition coefficient (Wildman–Crippen LogP) is 13.3. The third-order valence-corrected chi connectivity index (χ3v) is 12.8. The SMILES string of the molecule is CCCCCCCC/C=C\CCCCCCCCCC(=O)OC(COC(=O)CCCCCCCCCCCCC/C=C\CCCCCCCCCC)COC1OC(C(=O)O)C(O)C(O)C1O. The number of ether oxygens (including phenoxy) is 4. The van der Waals surface area contributed by atoms with Crippen LogP contribution in [0.1, 0.15) is 258 Å². The molecule has 0 bridgehead atoms. The Morgan fingerprint density at radius 1 is 0.455 bits per heavy atom. The molecule has 1 fully saturated rings. The van der Waals surface area contributed by atoms with Gasteiger partial charge in [0.25, 0.3) is 0 Å². The summed E-state index contributed by atoms with van der Waals surface area (Å²) in [6.07, 6.45) is 43.7. The van der Waals surface area contributed by atoms with Crippen LogP contribution in [0, 0.1) is 0 Å². The number of carbonyl (C=O) groups excluding carboxylic acids is 2. The number of carbonyl (C=O) groups is 3. The van der Waals surface area contributed by atoms with Crippen molar-refractivity contribution in [2.24, 2.45) is 0 Å². The van der Waals surface area contributed by atoms with E-state index in [1.54, 1.807) is 0 Å². The number of carboxylic acid groups (broad SMARTS) is 1. The maximum absolute atomic E-state index is 12.8. The van der Waals surface area contributed by atoms with Crippen molar-refractivity contribution in [2.45, 2.75) is 295 Å². The Hall–Kier alpha value is -2.31. The summed E-state index contributed by atoms with van der Waals surface area (Å²) >= 11 is 0. The molecule has 0 saturated carbocycles. The number of unbranched alkanes of at least 4 members (excludes halogenated alkanes) is 32. The van der Waals surface area contributed by atoms with E-state index in [2.05, 4.69) is 38.2 Å². The van der Waals surface area contributed by atoms with Crippen LogP contribution in [0.4, 0.5) is 0 Å². The molecule has 0 spiro atoms. The van der Waals surface area contributed by atoms with Crippen LogP contribution in [-0.2, 0) is 33.3 Å². The summed E-state index contributed by atoms with van der Waals surface area (Å²) in [7, 11) is 0. The van der Waals surface area contributed by atoms with Gasteiger partial charge in [0.1, 0.15) is 24.9 Å². The topological polar surface area (TPSA) is 169 Å². The second-order valence-corrected chi connectivity index (χ2v) is 19.1. The van der Waals surface area contributed by atoms with Crippen LogP contribution in [-0.4, -0.2) is 88.4 Å². The summed E-state index contributed by atoms with van der Waals surface area (Å²) in [6.45, 7) is 3.85. The highest BCUT2D eigenvalue weighted by Gasteiger charge is 2.47. The Kier molecular flexibility index (Phi) is 42.2. The number of carboxylic acids is 1. The number of aliphatic hydroxyl groups is 3. The molecule has 0 aromatic heterocycles. The van der Waals surface area contributed by atoms with E-state index in [0.717, 1.165) is 44.9 Å². The average Bonchev–Trinajstić information content (AvgIpc) is 3.30. The van der Waals surface area contributed by atoms with E-state index in [-0.39, 0.29) is 26.1 Å². The molecule has 386 valence electrons. The number of rotatable bonds is 47. The number of aliphatic carboxylic acids is 1. The fraction of sp³-hybridized carbons (Fsp3) is 0.873. The number of aliphatic hydroxyl groups excluding tert-OH is 3. The fourth-order valence-corrected chi connectivity index (χ4v) is 8.46. The van der Waals surface area contributed by atoms with Gasteiger partial charge in [0.2, 0.25) is 0 Å². The molecule has 66 heavy (non-hydrogen) atoms. The molecule has 0 amide bonds. The van der Waals surface area contributed by atoms with Crippen molar-refractivity contribution in [3.05, 3.63) is 24.3 Å². The first-order valence-electron chi connectivity index (χ1n) is 27.4. The third kappa shape index (κ3) is 35.8. The Bertz CT molecular complexity index is 1190. The highest BCUT2D eigenvalue weighted by atomic mass is 16.7. The standard InChI is InChI=1S/C55H100O11/c1-3-5-7-9-11-13-15-17-19-21-22-23-24-25-26-28-29-31-33-35-37-39-41-43-48(56)63-45-47(46-64-55-52(60)50(58)51(59)53(66-55)54(61)62)65-49(57)44-42-40-38-36-34-32-30-27-20-18-16-14-12-10-8-6-4-2/h18,20-22,47,50-53,55,58-60H,3-17,19,23-46H2,1-2H3,(H,61,62)/b20-18-,22-21-. The molecule has 1 aliphatic heterocycles. The van der Waals surface area contributed by atoms with E-state index in [0.29, 0.717) is 12.8 Å². The maximum Gasteiger partial charge on any atom is 0.335 e. The van der Waals surface area contributed by atoms with Crippen LogP contribution in [0.15, 0.2) is 24.3 Å². The van der Waals surface area contributed by atoms with Gasteiger partial charge in [0.15, 0.2) is 18.5 Å². The molecule has 0 aliphatic carbocycles. The van der Waals surface area contributed by atoms with Crippen molar-refractivity contribution in [1.29, 1.82) is 0 Å². The summed E-state index contributed by atoms with van der Waals surface area (Å²) in [4.78, 5) is 37.0. The molecular formula is C55H100O11. The lowest BCUT2D eigenvalue weighted by Gasteiger charge is -2.38. The zero-order chi connectivity index (χ0) is 48.1. The fourth-order valence-electron chi connectivity index (χ4n) is 8.46. The van der Waals surface area contributed by atoms with Gasteiger partial charge in [-0.25, -0.2) is 4.79 Å². The van der Waals surface area contributed by atoms with Gasteiger partial charge in [-0.3, -0.25) is 9.59 Å². The van der Waals surface area contributed by atoms with Gasteiger partial charge in [0.05, 0.1) is 6.61 Å². The molecule has 6 atom stereocenters. The molecule has 1 heterocycles. The van der Waals surface area contributed by atoms with Crippen molar-refractivity contribution in [2.75, 3.05) is 13.2 Å². The van der Waals surface area contributed by atoms with Crippen LogP contribution in [0.3, 0.4) is 0 Å². The largest absolute Gasteiger partial charge is 0.479 e.